The SMILES string of the molecule is C=CCc1cc(/C=N\Nc2ncccc2[N+](=O)[O-])cc(OCC)c1OCc1ccc([N+](=O)[O-])cc1. The summed E-state index contributed by atoms with van der Waals surface area (Å²) in [5.74, 6) is 1.03. The molecule has 180 valence electrons. The first-order valence-corrected chi connectivity index (χ1v) is 10.6. The summed E-state index contributed by atoms with van der Waals surface area (Å²) in [7, 11) is 0. The fourth-order valence-electron chi connectivity index (χ4n) is 3.16. The number of nitro groups is 2. The molecule has 2 aromatic carbocycles. The molecule has 0 radical (unpaired) electrons. The molecule has 1 heterocycles. The third-order valence-electron chi connectivity index (χ3n) is 4.72. The first kappa shape index (κ1) is 24.8. The Labute approximate surface area is 201 Å². The molecule has 0 aliphatic heterocycles. The Bertz CT molecular complexity index is 1240. The van der Waals surface area contributed by atoms with Gasteiger partial charge in [-0.05, 0) is 54.8 Å². The zero-order chi connectivity index (χ0) is 25.2. The van der Waals surface area contributed by atoms with E-state index in [0.29, 0.717) is 30.1 Å². The molecule has 11 heteroatoms. The van der Waals surface area contributed by atoms with Crippen molar-refractivity contribution in [2.75, 3.05) is 12.0 Å². The minimum atomic E-state index is -0.544. The zero-order valence-corrected chi connectivity index (χ0v) is 18.9. The second-order valence-electron chi connectivity index (χ2n) is 7.14. The van der Waals surface area contributed by atoms with E-state index in [1.165, 1.54) is 36.7 Å². The Morgan fingerprint density at radius 1 is 1.11 bits per heavy atom. The van der Waals surface area contributed by atoms with Gasteiger partial charge in [0.2, 0.25) is 5.82 Å². The molecule has 1 aromatic heterocycles. The van der Waals surface area contributed by atoms with E-state index >= 15 is 0 Å². The molecule has 0 saturated carbocycles. The fraction of sp³-hybridized carbons (Fsp3) is 0.167. The Hall–Kier alpha value is -4.80. The van der Waals surface area contributed by atoms with Crippen molar-refractivity contribution in [3.63, 3.8) is 0 Å². The van der Waals surface area contributed by atoms with Crippen LogP contribution < -0.4 is 14.9 Å². The number of anilines is 1. The summed E-state index contributed by atoms with van der Waals surface area (Å²) in [6.45, 7) is 6.21. The van der Waals surface area contributed by atoms with Crippen LogP contribution in [0.4, 0.5) is 17.2 Å². The third-order valence-corrected chi connectivity index (χ3v) is 4.72. The lowest BCUT2D eigenvalue weighted by molar-refractivity contribution is -0.384. The Morgan fingerprint density at radius 2 is 1.89 bits per heavy atom. The second-order valence-corrected chi connectivity index (χ2v) is 7.14. The molecule has 0 aliphatic rings. The fourth-order valence-corrected chi connectivity index (χ4v) is 3.16. The van der Waals surface area contributed by atoms with Crippen molar-refractivity contribution in [2.24, 2.45) is 5.10 Å². The molecule has 0 fully saturated rings. The first-order chi connectivity index (χ1) is 16.9. The molecule has 11 nitrogen and oxygen atoms in total. The van der Waals surface area contributed by atoms with E-state index in [1.54, 1.807) is 24.3 Å². The van der Waals surface area contributed by atoms with Crippen LogP contribution in [0.2, 0.25) is 0 Å². The van der Waals surface area contributed by atoms with Crippen molar-refractivity contribution in [3.05, 3.63) is 104 Å². The van der Waals surface area contributed by atoms with Gasteiger partial charge in [-0.2, -0.15) is 5.10 Å². The summed E-state index contributed by atoms with van der Waals surface area (Å²) in [6, 6.07) is 12.5. The second kappa shape index (κ2) is 11.9. The predicted molar refractivity (Wildman–Crippen MR) is 131 cm³/mol. The highest BCUT2D eigenvalue weighted by molar-refractivity contribution is 5.82. The highest BCUT2D eigenvalue weighted by Crippen LogP contribution is 2.34. The van der Waals surface area contributed by atoms with Crippen molar-refractivity contribution < 1.29 is 19.3 Å². The van der Waals surface area contributed by atoms with Crippen LogP contribution in [0.5, 0.6) is 11.5 Å². The third kappa shape index (κ3) is 6.60. The van der Waals surface area contributed by atoms with Gasteiger partial charge in [-0.3, -0.25) is 25.7 Å². The summed E-state index contributed by atoms with van der Waals surface area (Å²) in [5, 5.41) is 26.1. The van der Waals surface area contributed by atoms with Crippen LogP contribution in [-0.4, -0.2) is 27.7 Å². The summed E-state index contributed by atoms with van der Waals surface area (Å²) in [5.41, 5.74) is 4.62. The monoisotopic (exact) mass is 477 g/mol. The van der Waals surface area contributed by atoms with Crippen molar-refractivity contribution in [1.29, 1.82) is 0 Å². The number of hydrazone groups is 1. The number of aromatic nitrogens is 1. The van der Waals surface area contributed by atoms with Gasteiger partial charge in [0.25, 0.3) is 5.69 Å². The molecule has 0 atom stereocenters. The molecule has 0 saturated heterocycles. The number of nitrogens with one attached hydrogen (secondary N) is 1. The van der Waals surface area contributed by atoms with Crippen LogP contribution in [0.3, 0.4) is 0 Å². The number of hydrogen-bond acceptors (Lipinski definition) is 9. The first-order valence-electron chi connectivity index (χ1n) is 10.6. The molecule has 1 N–H and O–H groups in total. The maximum Gasteiger partial charge on any atom is 0.313 e. The smallest absolute Gasteiger partial charge is 0.313 e. The lowest BCUT2D eigenvalue weighted by Gasteiger charge is -2.17. The van der Waals surface area contributed by atoms with Crippen LogP contribution in [0.1, 0.15) is 23.6 Å². The number of nitrogens with zero attached hydrogens (tertiary/aromatic N) is 4. The highest BCUT2D eigenvalue weighted by atomic mass is 16.6. The van der Waals surface area contributed by atoms with Crippen molar-refractivity contribution >= 4 is 23.4 Å². The summed E-state index contributed by atoms with van der Waals surface area (Å²) < 4.78 is 11.8. The summed E-state index contributed by atoms with van der Waals surface area (Å²) >= 11 is 0. The van der Waals surface area contributed by atoms with E-state index in [-0.39, 0.29) is 23.8 Å². The van der Waals surface area contributed by atoms with Crippen molar-refractivity contribution in [2.45, 2.75) is 20.0 Å². The zero-order valence-electron chi connectivity index (χ0n) is 18.9. The number of benzene rings is 2. The van der Waals surface area contributed by atoms with Crippen molar-refractivity contribution in [3.8, 4) is 11.5 Å². The molecule has 0 spiro atoms. The lowest BCUT2D eigenvalue weighted by atomic mass is 10.1. The van der Waals surface area contributed by atoms with E-state index in [2.05, 4.69) is 22.1 Å². The molecule has 0 amide bonds. The Balaban J connectivity index is 1.84. The number of rotatable bonds is 12. The van der Waals surface area contributed by atoms with Crippen LogP contribution in [0.25, 0.3) is 0 Å². The molecular formula is C24H23N5O6. The molecule has 0 unspecified atom stereocenters. The minimum Gasteiger partial charge on any atom is -0.490 e. The molecule has 0 bridgehead atoms. The number of hydrogen-bond donors (Lipinski definition) is 1. The molecule has 35 heavy (non-hydrogen) atoms. The van der Waals surface area contributed by atoms with Crippen LogP contribution in [0, 0.1) is 20.2 Å². The van der Waals surface area contributed by atoms with Gasteiger partial charge in [0.1, 0.15) is 6.61 Å². The minimum absolute atomic E-state index is 0.00406. The van der Waals surface area contributed by atoms with Gasteiger partial charge in [-0.25, -0.2) is 4.98 Å². The van der Waals surface area contributed by atoms with Gasteiger partial charge in [0, 0.05) is 30.0 Å². The Kier molecular flexibility index (Phi) is 8.43. The van der Waals surface area contributed by atoms with E-state index in [0.717, 1.165) is 11.1 Å². The van der Waals surface area contributed by atoms with Gasteiger partial charge in [0.15, 0.2) is 11.5 Å². The topological polar surface area (TPSA) is 142 Å². The van der Waals surface area contributed by atoms with Crippen molar-refractivity contribution in [1.82, 2.24) is 4.98 Å². The van der Waals surface area contributed by atoms with Gasteiger partial charge < -0.3 is 9.47 Å². The van der Waals surface area contributed by atoms with Crippen LogP contribution >= 0.6 is 0 Å². The number of ether oxygens (including phenoxy) is 2. The van der Waals surface area contributed by atoms with Crippen LogP contribution in [0.15, 0.2) is 72.5 Å². The summed E-state index contributed by atoms with van der Waals surface area (Å²) in [6.07, 6.45) is 5.13. The number of allylic oxidation sites excluding steroid dienone is 1. The largest absolute Gasteiger partial charge is 0.490 e. The van der Waals surface area contributed by atoms with E-state index in [9.17, 15) is 20.2 Å². The lowest BCUT2D eigenvalue weighted by Crippen LogP contribution is -2.04. The molecular weight excluding hydrogens is 454 g/mol. The quantitative estimate of drug-likeness (QED) is 0.165. The molecule has 3 rings (SSSR count). The predicted octanol–water partition coefficient (Wildman–Crippen LogP) is 5.05. The molecule has 3 aromatic rings. The number of nitro benzene ring substituents is 1. The number of pyridine rings is 1. The normalized spacial score (nSPS) is 10.7. The van der Waals surface area contributed by atoms with Gasteiger partial charge in [-0.15, -0.1) is 6.58 Å². The standard InChI is InChI=1S/C24H23N5O6/c1-3-6-19-13-18(15-26-27-24-21(29(32)33)7-5-12-25-24)14-22(34-4-2)23(19)35-16-17-8-10-20(11-9-17)28(30)31/h3,5,7-15H,1,4,6,16H2,2H3,(H,25,27)/b26-15-. The highest BCUT2D eigenvalue weighted by Gasteiger charge is 2.15. The Morgan fingerprint density at radius 3 is 2.54 bits per heavy atom. The summed E-state index contributed by atoms with van der Waals surface area (Å²) in [4.78, 5) is 24.9. The van der Waals surface area contributed by atoms with E-state index < -0.39 is 9.85 Å². The maximum atomic E-state index is 11.1. The van der Waals surface area contributed by atoms with Gasteiger partial charge in [0.05, 0.1) is 22.7 Å². The van der Waals surface area contributed by atoms with E-state index in [1.807, 2.05) is 13.0 Å². The number of non-ortho nitro benzene ring substituents is 1. The average Bonchev–Trinajstić information content (AvgIpc) is 2.84. The van der Waals surface area contributed by atoms with Crippen LogP contribution in [-0.2, 0) is 13.0 Å². The maximum absolute atomic E-state index is 11.1. The van der Waals surface area contributed by atoms with E-state index in [4.69, 9.17) is 9.47 Å². The van der Waals surface area contributed by atoms with Gasteiger partial charge in [-0.1, -0.05) is 6.08 Å². The van der Waals surface area contributed by atoms with Gasteiger partial charge >= 0.3 is 5.69 Å². The molecule has 0 aliphatic carbocycles. The average molecular weight is 477 g/mol.